The predicted octanol–water partition coefficient (Wildman–Crippen LogP) is 2.19. The Morgan fingerprint density at radius 2 is 2.21 bits per heavy atom. The molecule has 0 unspecified atom stereocenters. The highest BCUT2D eigenvalue weighted by Gasteiger charge is 2.14. The minimum absolute atomic E-state index is 0.115. The van der Waals surface area contributed by atoms with Gasteiger partial charge < -0.3 is 0 Å². The largest absolute Gasteiger partial charge is 0.308 e. The molecule has 0 spiro atoms. The molecule has 5 nitrogen and oxygen atoms in total. The molecule has 0 aliphatic heterocycles. The lowest BCUT2D eigenvalue weighted by Gasteiger charge is -1.97. The molecule has 0 saturated heterocycles. The summed E-state index contributed by atoms with van der Waals surface area (Å²) in [5.74, 6) is 0. The minimum atomic E-state index is -0.580. The van der Waals surface area contributed by atoms with Gasteiger partial charge in [0.2, 0.25) is 5.15 Å². The molecule has 0 radical (unpaired) electrons. The Bertz CT molecular complexity index is 515. The van der Waals surface area contributed by atoms with E-state index in [0.29, 0.717) is 11.0 Å². The molecule has 0 saturated carbocycles. The van der Waals surface area contributed by atoms with Crippen LogP contribution in [0, 0.1) is 10.1 Å². The Kier molecular flexibility index (Phi) is 2.01. The summed E-state index contributed by atoms with van der Waals surface area (Å²) in [6.07, 6.45) is 1.54. The average molecular weight is 210 g/mol. The Labute approximate surface area is 83.5 Å². The smallest absolute Gasteiger partial charge is 0.258 e. The van der Waals surface area contributed by atoms with Crippen LogP contribution in [0.25, 0.3) is 11.0 Å². The van der Waals surface area contributed by atoms with Gasteiger partial charge in [0.15, 0.2) is 0 Å². The normalized spacial score (nSPS) is 10.4. The summed E-state index contributed by atoms with van der Waals surface area (Å²) in [5.41, 5.74) is 0.782. The van der Waals surface area contributed by atoms with Crippen molar-refractivity contribution in [2.24, 2.45) is 0 Å². The van der Waals surface area contributed by atoms with Crippen molar-refractivity contribution in [2.75, 3.05) is 0 Å². The van der Waals surface area contributed by atoms with Crippen molar-refractivity contribution in [3.8, 4) is 0 Å². The molecule has 0 aromatic carbocycles. The second-order valence-electron chi connectivity index (χ2n) is 2.60. The van der Waals surface area contributed by atoms with E-state index >= 15 is 0 Å². The van der Waals surface area contributed by atoms with E-state index in [0.717, 1.165) is 0 Å². The maximum atomic E-state index is 10.5. The summed E-state index contributed by atoms with van der Waals surface area (Å²) in [6.45, 7) is 0. The number of hydrogen-bond donors (Lipinski definition) is 0. The van der Waals surface area contributed by atoms with Gasteiger partial charge in [0.1, 0.15) is 0 Å². The van der Waals surface area contributed by atoms with Crippen LogP contribution in [0.3, 0.4) is 0 Å². The first-order valence-corrected chi connectivity index (χ1v) is 4.12. The van der Waals surface area contributed by atoms with Gasteiger partial charge in [-0.15, -0.1) is 0 Å². The van der Waals surface area contributed by atoms with Gasteiger partial charge in [0.25, 0.3) is 0 Å². The first-order valence-electron chi connectivity index (χ1n) is 3.74. The van der Waals surface area contributed by atoms with Gasteiger partial charge in [-0.05, 0) is 12.1 Å². The molecule has 0 aliphatic rings. The fourth-order valence-corrected chi connectivity index (χ4v) is 1.31. The monoisotopic (exact) mass is 209 g/mol. The maximum absolute atomic E-state index is 10.5. The summed E-state index contributed by atoms with van der Waals surface area (Å²) >= 11 is 5.62. The molecule has 70 valence electrons. The SMILES string of the molecule is O=[N+]([O-])c1cc2ncccc2nc1Cl. The molecule has 2 rings (SSSR count). The second-order valence-corrected chi connectivity index (χ2v) is 2.96. The van der Waals surface area contributed by atoms with Crippen LogP contribution >= 0.6 is 11.6 Å². The van der Waals surface area contributed by atoms with E-state index in [-0.39, 0.29) is 10.8 Å². The third-order valence-corrected chi connectivity index (χ3v) is 1.99. The molecule has 2 aromatic rings. The van der Waals surface area contributed by atoms with Crippen molar-refractivity contribution >= 4 is 28.3 Å². The average Bonchev–Trinajstić information content (AvgIpc) is 2.16. The van der Waals surface area contributed by atoms with Crippen LogP contribution < -0.4 is 0 Å². The summed E-state index contributed by atoms with van der Waals surface area (Å²) in [4.78, 5) is 17.7. The number of fused-ring (bicyclic) bond motifs is 1. The molecule has 2 aromatic heterocycles. The topological polar surface area (TPSA) is 68.9 Å². The number of rotatable bonds is 1. The fraction of sp³-hybridized carbons (Fsp3) is 0. The summed E-state index contributed by atoms with van der Waals surface area (Å²) in [6, 6.07) is 4.69. The number of aromatic nitrogens is 2. The third kappa shape index (κ3) is 1.38. The van der Waals surface area contributed by atoms with Crippen LogP contribution in [0.4, 0.5) is 5.69 Å². The highest BCUT2D eigenvalue weighted by Crippen LogP contribution is 2.25. The summed E-state index contributed by atoms with van der Waals surface area (Å²) < 4.78 is 0. The Balaban J connectivity index is 2.77. The van der Waals surface area contributed by atoms with E-state index in [1.54, 1.807) is 18.3 Å². The van der Waals surface area contributed by atoms with E-state index in [4.69, 9.17) is 11.6 Å². The van der Waals surface area contributed by atoms with E-state index in [9.17, 15) is 10.1 Å². The third-order valence-electron chi connectivity index (χ3n) is 1.72. The Morgan fingerprint density at radius 1 is 1.43 bits per heavy atom. The van der Waals surface area contributed by atoms with Gasteiger partial charge in [-0.3, -0.25) is 15.1 Å². The molecule has 0 fully saturated rings. The first kappa shape index (κ1) is 8.83. The lowest BCUT2D eigenvalue weighted by atomic mass is 10.3. The quantitative estimate of drug-likeness (QED) is 0.410. The van der Waals surface area contributed by atoms with Crippen LogP contribution in [-0.4, -0.2) is 14.9 Å². The molecular weight excluding hydrogens is 206 g/mol. The zero-order valence-corrected chi connectivity index (χ0v) is 7.60. The first-order chi connectivity index (χ1) is 6.68. The van der Waals surface area contributed by atoms with Crippen LogP contribution in [0.1, 0.15) is 0 Å². The predicted molar refractivity (Wildman–Crippen MR) is 51.2 cm³/mol. The van der Waals surface area contributed by atoms with Crippen molar-refractivity contribution in [2.45, 2.75) is 0 Å². The lowest BCUT2D eigenvalue weighted by molar-refractivity contribution is -0.384. The van der Waals surface area contributed by atoms with Gasteiger partial charge in [0, 0.05) is 12.3 Å². The molecule has 0 bridgehead atoms. The number of halogens is 1. The number of pyridine rings is 2. The fourth-order valence-electron chi connectivity index (χ4n) is 1.09. The molecular formula is C8H4ClN3O2. The van der Waals surface area contributed by atoms with Crippen LogP contribution in [0.5, 0.6) is 0 Å². The van der Waals surface area contributed by atoms with Crippen LogP contribution in [-0.2, 0) is 0 Å². The molecule has 0 amide bonds. The zero-order valence-electron chi connectivity index (χ0n) is 6.85. The highest BCUT2D eigenvalue weighted by molar-refractivity contribution is 6.31. The highest BCUT2D eigenvalue weighted by atomic mass is 35.5. The van der Waals surface area contributed by atoms with Crippen LogP contribution in [0.2, 0.25) is 5.15 Å². The minimum Gasteiger partial charge on any atom is -0.258 e. The molecule has 0 atom stereocenters. The van der Waals surface area contributed by atoms with E-state index in [1.165, 1.54) is 6.07 Å². The molecule has 14 heavy (non-hydrogen) atoms. The van der Waals surface area contributed by atoms with E-state index in [1.807, 2.05) is 0 Å². The van der Waals surface area contributed by atoms with Gasteiger partial charge >= 0.3 is 5.69 Å². The van der Waals surface area contributed by atoms with Crippen molar-refractivity contribution in [3.63, 3.8) is 0 Å². The van der Waals surface area contributed by atoms with Gasteiger partial charge in [-0.25, -0.2) is 4.98 Å². The van der Waals surface area contributed by atoms with Crippen molar-refractivity contribution in [3.05, 3.63) is 39.7 Å². The lowest BCUT2D eigenvalue weighted by Crippen LogP contribution is -1.92. The Morgan fingerprint density at radius 3 is 2.93 bits per heavy atom. The van der Waals surface area contributed by atoms with Crippen molar-refractivity contribution < 1.29 is 4.92 Å². The van der Waals surface area contributed by atoms with E-state index < -0.39 is 4.92 Å². The molecule has 0 N–H and O–H groups in total. The van der Waals surface area contributed by atoms with Gasteiger partial charge in [0.05, 0.1) is 16.0 Å². The van der Waals surface area contributed by atoms with Crippen molar-refractivity contribution in [1.82, 2.24) is 9.97 Å². The molecule has 2 heterocycles. The van der Waals surface area contributed by atoms with E-state index in [2.05, 4.69) is 9.97 Å². The Hall–Kier alpha value is -1.75. The summed E-state index contributed by atoms with van der Waals surface area (Å²) in [5, 5.41) is 10.4. The second kappa shape index (κ2) is 3.19. The van der Waals surface area contributed by atoms with Gasteiger partial charge in [-0.2, -0.15) is 0 Å². The van der Waals surface area contributed by atoms with Gasteiger partial charge in [-0.1, -0.05) is 11.6 Å². The summed E-state index contributed by atoms with van der Waals surface area (Å²) in [7, 11) is 0. The van der Waals surface area contributed by atoms with Crippen molar-refractivity contribution in [1.29, 1.82) is 0 Å². The maximum Gasteiger partial charge on any atom is 0.308 e. The number of nitrogens with zero attached hydrogens (tertiary/aromatic N) is 3. The van der Waals surface area contributed by atoms with Crippen LogP contribution in [0.15, 0.2) is 24.4 Å². The zero-order chi connectivity index (χ0) is 10.1. The standard InChI is InChI=1S/C8H4ClN3O2/c9-8-7(12(13)14)4-6-5(11-8)2-1-3-10-6/h1-4H. The molecule has 6 heteroatoms. The number of nitro groups is 1. The number of hydrogen-bond acceptors (Lipinski definition) is 4. The molecule has 0 aliphatic carbocycles.